The van der Waals surface area contributed by atoms with Gasteiger partial charge in [0.15, 0.2) is 0 Å². The number of carbonyl (C=O) groups is 1. The van der Waals surface area contributed by atoms with Crippen LogP contribution in [0, 0.1) is 4.91 Å². The molecule has 2 aromatic carbocycles. The maximum Gasteiger partial charge on any atom is 0.339 e. The van der Waals surface area contributed by atoms with E-state index in [4.69, 9.17) is 10.5 Å². The molecule has 0 radical (unpaired) electrons. The van der Waals surface area contributed by atoms with E-state index in [0.29, 0.717) is 16.8 Å². The second-order valence-electron chi connectivity index (χ2n) is 4.43. The van der Waals surface area contributed by atoms with E-state index in [2.05, 4.69) is 5.18 Å². The van der Waals surface area contributed by atoms with Gasteiger partial charge in [0, 0.05) is 11.3 Å². The molecule has 2 N–H and O–H groups in total. The third-order valence-corrected chi connectivity index (χ3v) is 3.12. The fourth-order valence-electron chi connectivity index (χ4n) is 2.17. The van der Waals surface area contributed by atoms with Gasteiger partial charge in [-0.25, -0.2) is 4.79 Å². The van der Waals surface area contributed by atoms with E-state index >= 15 is 0 Å². The average Bonchev–Trinajstić information content (AvgIpc) is 2.49. The highest BCUT2D eigenvalue weighted by Crippen LogP contribution is 2.33. The zero-order chi connectivity index (χ0) is 15.2. The van der Waals surface area contributed by atoms with Gasteiger partial charge in [-0.3, -0.25) is 0 Å². The van der Waals surface area contributed by atoms with Crippen molar-refractivity contribution in [2.75, 3.05) is 12.3 Å². The van der Waals surface area contributed by atoms with Crippen LogP contribution in [0.15, 0.2) is 53.7 Å². The maximum atomic E-state index is 11.9. The molecule has 108 valence electrons. The van der Waals surface area contributed by atoms with Crippen LogP contribution in [0.1, 0.15) is 18.5 Å². The molecular weight excluding hydrogens is 268 g/mol. The molecule has 0 aliphatic rings. The highest BCUT2D eigenvalue weighted by molar-refractivity contribution is 5.85. The van der Waals surface area contributed by atoms with Crippen LogP contribution in [0.4, 0.5) is 5.69 Å². The number of nitrogens with two attached hydrogens (primary N) is 1. The van der Waals surface area contributed by atoms with Crippen LogP contribution in [0.3, 0.4) is 0 Å². The summed E-state index contributed by atoms with van der Waals surface area (Å²) in [6.45, 7) is 1.88. The molecule has 0 saturated heterocycles. The lowest BCUT2D eigenvalue weighted by molar-refractivity contribution is -0.144. The number of hydrogen-bond donors (Lipinski definition) is 1. The van der Waals surface area contributed by atoms with Crippen molar-refractivity contribution >= 4 is 11.7 Å². The number of nitroso groups, excluding NO2 is 1. The van der Waals surface area contributed by atoms with Gasteiger partial charge < -0.3 is 10.5 Å². The lowest BCUT2D eigenvalue weighted by Crippen LogP contribution is -2.14. The van der Waals surface area contributed by atoms with Gasteiger partial charge in [-0.15, -0.1) is 4.91 Å². The van der Waals surface area contributed by atoms with Gasteiger partial charge in [0.2, 0.25) is 6.04 Å². The number of esters is 1. The van der Waals surface area contributed by atoms with Crippen molar-refractivity contribution in [1.82, 2.24) is 0 Å². The van der Waals surface area contributed by atoms with Gasteiger partial charge in [0.1, 0.15) is 0 Å². The van der Waals surface area contributed by atoms with Crippen LogP contribution < -0.4 is 5.73 Å². The molecule has 0 aliphatic carbocycles. The quantitative estimate of drug-likeness (QED) is 0.519. The number of rotatable bonds is 5. The monoisotopic (exact) mass is 284 g/mol. The first-order valence-corrected chi connectivity index (χ1v) is 6.62. The van der Waals surface area contributed by atoms with Crippen LogP contribution in [0.2, 0.25) is 0 Å². The van der Waals surface area contributed by atoms with E-state index in [1.165, 1.54) is 0 Å². The lowest BCUT2D eigenvalue weighted by Gasteiger charge is -2.14. The van der Waals surface area contributed by atoms with E-state index in [1.807, 2.05) is 24.3 Å². The summed E-state index contributed by atoms with van der Waals surface area (Å²) in [5.41, 5.74) is 8.49. The second-order valence-corrected chi connectivity index (χ2v) is 4.43. The third kappa shape index (κ3) is 3.08. The highest BCUT2D eigenvalue weighted by Gasteiger charge is 2.26. The number of benzene rings is 2. The molecule has 5 heteroatoms. The van der Waals surface area contributed by atoms with Crippen molar-refractivity contribution < 1.29 is 9.53 Å². The predicted molar refractivity (Wildman–Crippen MR) is 81.5 cm³/mol. The number of anilines is 1. The minimum absolute atomic E-state index is 0.195. The molecule has 5 nitrogen and oxygen atoms in total. The summed E-state index contributed by atoms with van der Waals surface area (Å²) in [5.74, 6) is -0.658. The minimum atomic E-state index is -1.19. The predicted octanol–water partition coefficient (Wildman–Crippen LogP) is 3.31. The molecule has 0 saturated carbocycles. The molecule has 1 unspecified atom stereocenters. The molecule has 2 aromatic rings. The summed E-state index contributed by atoms with van der Waals surface area (Å²) in [5, 5.41) is 2.93. The molecular formula is C16H16N2O3. The summed E-state index contributed by atoms with van der Waals surface area (Å²) >= 11 is 0. The third-order valence-electron chi connectivity index (χ3n) is 3.12. The van der Waals surface area contributed by atoms with Gasteiger partial charge in [0.25, 0.3) is 0 Å². The molecule has 0 aliphatic heterocycles. The van der Waals surface area contributed by atoms with Gasteiger partial charge in [-0.1, -0.05) is 42.5 Å². The number of hydrogen-bond acceptors (Lipinski definition) is 5. The first kappa shape index (κ1) is 14.7. The molecule has 2 rings (SSSR count). The largest absolute Gasteiger partial charge is 0.464 e. The molecule has 0 heterocycles. The topological polar surface area (TPSA) is 81.8 Å². The normalized spacial score (nSPS) is 11.7. The van der Waals surface area contributed by atoms with Crippen LogP contribution in [-0.4, -0.2) is 12.6 Å². The highest BCUT2D eigenvalue weighted by atomic mass is 16.5. The SMILES string of the molecule is CCOC(=O)C(N=O)c1ccccc1-c1ccccc1N. The summed E-state index contributed by atoms with van der Waals surface area (Å²) in [6.07, 6.45) is 0. The van der Waals surface area contributed by atoms with E-state index in [9.17, 15) is 9.70 Å². The Kier molecular flexibility index (Phi) is 4.66. The maximum absolute atomic E-state index is 11.9. The van der Waals surface area contributed by atoms with Crippen molar-refractivity contribution in [3.63, 3.8) is 0 Å². The average molecular weight is 284 g/mol. The van der Waals surface area contributed by atoms with Crippen molar-refractivity contribution in [1.29, 1.82) is 0 Å². The summed E-state index contributed by atoms with van der Waals surface area (Å²) in [7, 11) is 0. The Labute approximate surface area is 122 Å². The Morgan fingerprint density at radius 3 is 2.38 bits per heavy atom. The Morgan fingerprint density at radius 1 is 1.14 bits per heavy atom. The Hall–Kier alpha value is -2.69. The molecule has 0 aromatic heterocycles. The van der Waals surface area contributed by atoms with Gasteiger partial charge in [0.05, 0.1) is 6.61 Å². The van der Waals surface area contributed by atoms with Gasteiger partial charge in [-0.2, -0.15) is 0 Å². The van der Waals surface area contributed by atoms with Crippen LogP contribution in [0.25, 0.3) is 11.1 Å². The molecule has 0 amide bonds. The van der Waals surface area contributed by atoms with Crippen molar-refractivity contribution in [3.8, 4) is 11.1 Å². The van der Waals surface area contributed by atoms with Crippen molar-refractivity contribution in [3.05, 3.63) is 59.0 Å². The van der Waals surface area contributed by atoms with Crippen molar-refractivity contribution in [2.24, 2.45) is 5.18 Å². The van der Waals surface area contributed by atoms with Gasteiger partial charge >= 0.3 is 5.97 Å². The fourth-order valence-corrected chi connectivity index (χ4v) is 2.17. The Morgan fingerprint density at radius 2 is 1.76 bits per heavy atom. The van der Waals surface area contributed by atoms with E-state index in [1.54, 1.807) is 31.2 Å². The molecule has 1 atom stereocenters. The van der Waals surface area contributed by atoms with Crippen molar-refractivity contribution in [2.45, 2.75) is 13.0 Å². The summed E-state index contributed by atoms with van der Waals surface area (Å²) in [4.78, 5) is 23.0. The summed E-state index contributed by atoms with van der Waals surface area (Å²) < 4.78 is 4.91. The van der Waals surface area contributed by atoms with Crippen LogP contribution in [0.5, 0.6) is 0 Å². The number of ether oxygens (including phenoxy) is 1. The number of nitrogen functional groups attached to an aromatic ring is 1. The summed E-state index contributed by atoms with van der Waals surface area (Å²) in [6, 6.07) is 13.1. The first-order chi connectivity index (χ1) is 10.2. The van der Waals surface area contributed by atoms with Crippen LogP contribution in [-0.2, 0) is 9.53 Å². The zero-order valence-corrected chi connectivity index (χ0v) is 11.7. The molecule has 0 fully saturated rings. The molecule has 0 spiro atoms. The second kappa shape index (κ2) is 6.65. The number of para-hydroxylation sites is 1. The minimum Gasteiger partial charge on any atom is -0.464 e. The Balaban J connectivity index is 2.53. The number of carbonyl (C=O) groups excluding carboxylic acids is 1. The molecule has 0 bridgehead atoms. The first-order valence-electron chi connectivity index (χ1n) is 6.62. The van der Waals surface area contributed by atoms with E-state index < -0.39 is 12.0 Å². The Bertz CT molecular complexity index is 655. The molecule has 21 heavy (non-hydrogen) atoms. The lowest BCUT2D eigenvalue weighted by atomic mass is 9.94. The number of nitrogens with zero attached hydrogens (tertiary/aromatic N) is 1. The standard InChI is InChI=1S/C16H16N2O3/c1-2-21-16(19)15(18-20)13-9-4-3-7-11(13)12-8-5-6-10-14(12)17/h3-10,15H,2,17H2,1H3. The van der Waals surface area contributed by atoms with E-state index in [-0.39, 0.29) is 6.61 Å². The van der Waals surface area contributed by atoms with Gasteiger partial charge in [-0.05, 0) is 29.3 Å². The van der Waals surface area contributed by atoms with E-state index in [0.717, 1.165) is 5.56 Å². The smallest absolute Gasteiger partial charge is 0.339 e. The van der Waals surface area contributed by atoms with Crippen LogP contribution >= 0.6 is 0 Å². The zero-order valence-electron chi connectivity index (χ0n) is 11.7. The fraction of sp³-hybridized carbons (Fsp3) is 0.188.